The summed E-state index contributed by atoms with van der Waals surface area (Å²) in [7, 11) is 0. The molecule has 3 amide bonds. The number of imide groups is 1. The summed E-state index contributed by atoms with van der Waals surface area (Å²) >= 11 is 0. The molecule has 0 aromatic heterocycles. The Kier molecular flexibility index (Phi) is 4.01. The molecule has 8 heteroatoms. The van der Waals surface area contributed by atoms with Gasteiger partial charge in [-0.3, -0.25) is 19.8 Å². The first-order valence-corrected chi connectivity index (χ1v) is 6.21. The zero-order valence-corrected chi connectivity index (χ0v) is 10.3. The fraction of sp³-hybridized carbons (Fsp3) is 0.727. The Balaban J connectivity index is 1.80. The van der Waals surface area contributed by atoms with Gasteiger partial charge < -0.3 is 15.5 Å². The van der Waals surface area contributed by atoms with Crippen molar-refractivity contribution in [1.82, 2.24) is 15.5 Å². The molecule has 8 nitrogen and oxygen atoms in total. The van der Waals surface area contributed by atoms with Gasteiger partial charge in [0.1, 0.15) is 6.04 Å². The van der Waals surface area contributed by atoms with Crippen LogP contribution < -0.4 is 10.6 Å². The summed E-state index contributed by atoms with van der Waals surface area (Å²) in [5, 5.41) is 23.1. The highest BCUT2D eigenvalue weighted by atomic mass is 16.4. The molecule has 0 aromatic carbocycles. The summed E-state index contributed by atoms with van der Waals surface area (Å²) in [5.74, 6) is -1.65. The van der Waals surface area contributed by atoms with Gasteiger partial charge in [0.25, 0.3) is 0 Å². The zero-order chi connectivity index (χ0) is 14.0. The lowest BCUT2D eigenvalue weighted by atomic mass is 10.2. The van der Waals surface area contributed by atoms with Crippen molar-refractivity contribution in [2.45, 2.75) is 37.5 Å². The van der Waals surface area contributed by atoms with E-state index in [1.54, 1.807) is 0 Å². The van der Waals surface area contributed by atoms with Gasteiger partial charge in [-0.25, -0.2) is 4.79 Å². The Bertz CT molecular complexity index is 396. The van der Waals surface area contributed by atoms with E-state index in [1.165, 1.54) is 4.90 Å². The lowest BCUT2D eigenvalue weighted by Crippen LogP contribution is -2.47. The van der Waals surface area contributed by atoms with Crippen molar-refractivity contribution in [2.75, 3.05) is 13.1 Å². The number of likely N-dealkylation sites (tertiary alicyclic amines) is 1. The third-order valence-electron chi connectivity index (χ3n) is 3.18. The van der Waals surface area contributed by atoms with Crippen LogP contribution in [0.25, 0.3) is 0 Å². The Hall–Kier alpha value is -1.67. The number of aliphatic carboxylic acids is 1. The van der Waals surface area contributed by atoms with Crippen molar-refractivity contribution >= 4 is 17.9 Å². The number of carbonyl (C=O) groups excluding carboxylic acids is 2. The van der Waals surface area contributed by atoms with Crippen molar-refractivity contribution < 1.29 is 24.6 Å². The molecule has 2 aliphatic rings. The van der Waals surface area contributed by atoms with E-state index in [9.17, 15) is 19.5 Å². The summed E-state index contributed by atoms with van der Waals surface area (Å²) in [6.07, 6.45) is 1.17. The Morgan fingerprint density at radius 1 is 1.26 bits per heavy atom. The standard InChI is InChI=1S/C11H17N3O5/c15-7-3-8(10(17)18)14(4-7)5-9(16)13-11(19)12-6-1-2-6/h6-8,15H,1-5H2,(H,17,18)(H2,12,13,16,19). The highest BCUT2D eigenvalue weighted by Gasteiger charge is 2.37. The number of aliphatic hydroxyl groups excluding tert-OH is 1. The molecule has 4 N–H and O–H groups in total. The van der Waals surface area contributed by atoms with Gasteiger partial charge in [-0.1, -0.05) is 0 Å². The first-order chi connectivity index (χ1) is 8.95. The van der Waals surface area contributed by atoms with E-state index in [0.717, 1.165) is 12.8 Å². The van der Waals surface area contributed by atoms with Crippen LogP contribution in [0, 0.1) is 0 Å². The second kappa shape index (κ2) is 5.54. The molecule has 2 fully saturated rings. The van der Waals surface area contributed by atoms with E-state index in [2.05, 4.69) is 10.6 Å². The number of amides is 3. The summed E-state index contributed by atoms with van der Waals surface area (Å²) in [6.45, 7) is -0.0965. The molecule has 2 rings (SSSR count). The fourth-order valence-corrected chi connectivity index (χ4v) is 2.11. The average Bonchev–Trinajstić information content (AvgIpc) is 3.00. The SMILES string of the molecule is O=C(CN1CC(O)CC1C(=O)O)NC(=O)NC1CC1. The van der Waals surface area contributed by atoms with Gasteiger partial charge in [-0.2, -0.15) is 0 Å². The molecule has 1 saturated carbocycles. The second-order valence-corrected chi connectivity index (χ2v) is 4.97. The van der Waals surface area contributed by atoms with Gasteiger partial charge in [0.2, 0.25) is 5.91 Å². The van der Waals surface area contributed by atoms with Crippen LogP contribution in [0.15, 0.2) is 0 Å². The Morgan fingerprint density at radius 2 is 1.95 bits per heavy atom. The number of β-amino-alcohol motifs (C(OH)–C–C–N with tert-alkyl or cyclic N) is 1. The maximum atomic E-state index is 11.6. The van der Waals surface area contributed by atoms with Gasteiger partial charge >= 0.3 is 12.0 Å². The third kappa shape index (κ3) is 3.90. The van der Waals surface area contributed by atoms with E-state index in [4.69, 9.17) is 5.11 Å². The molecule has 1 aliphatic heterocycles. The quantitative estimate of drug-likeness (QED) is 0.494. The first kappa shape index (κ1) is 13.8. The second-order valence-electron chi connectivity index (χ2n) is 4.97. The van der Waals surface area contributed by atoms with Crippen LogP contribution in [-0.2, 0) is 9.59 Å². The first-order valence-electron chi connectivity index (χ1n) is 6.21. The van der Waals surface area contributed by atoms with Crippen LogP contribution in [0.2, 0.25) is 0 Å². The van der Waals surface area contributed by atoms with Crippen LogP contribution in [0.5, 0.6) is 0 Å². The number of hydrogen-bond donors (Lipinski definition) is 4. The van der Waals surface area contributed by atoms with Gasteiger partial charge in [0, 0.05) is 19.0 Å². The molecule has 19 heavy (non-hydrogen) atoms. The van der Waals surface area contributed by atoms with E-state index < -0.39 is 30.1 Å². The van der Waals surface area contributed by atoms with Gasteiger partial charge in [0.05, 0.1) is 12.6 Å². The number of carboxylic acid groups (broad SMARTS) is 1. The molecule has 106 valence electrons. The minimum Gasteiger partial charge on any atom is -0.480 e. The van der Waals surface area contributed by atoms with Crippen molar-refractivity contribution in [2.24, 2.45) is 0 Å². The van der Waals surface area contributed by atoms with Crippen molar-refractivity contribution in [3.8, 4) is 0 Å². The summed E-state index contributed by atoms with van der Waals surface area (Å²) in [5.41, 5.74) is 0. The highest BCUT2D eigenvalue weighted by Crippen LogP contribution is 2.18. The fourth-order valence-electron chi connectivity index (χ4n) is 2.11. The molecule has 1 aliphatic carbocycles. The van der Waals surface area contributed by atoms with Crippen LogP contribution in [0.3, 0.4) is 0 Å². The number of carboxylic acids is 1. The van der Waals surface area contributed by atoms with E-state index in [0.29, 0.717) is 0 Å². The largest absolute Gasteiger partial charge is 0.480 e. The van der Waals surface area contributed by atoms with Crippen LogP contribution in [0.1, 0.15) is 19.3 Å². The highest BCUT2D eigenvalue weighted by molar-refractivity contribution is 5.95. The van der Waals surface area contributed by atoms with Crippen molar-refractivity contribution in [3.05, 3.63) is 0 Å². The van der Waals surface area contributed by atoms with Gasteiger partial charge in [-0.05, 0) is 12.8 Å². The Labute approximate surface area is 109 Å². The molecule has 1 heterocycles. The molecule has 0 radical (unpaired) electrons. The van der Waals surface area contributed by atoms with E-state index in [-0.39, 0.29) is 25.6 Å². The smallest absolute Gasteiger partial charge is 0.321 e. The summed E-state index contributed by atoms with van der Waals surface area (Å²) in [4.78, 5) is 35.2. The van der Waals surface area contributed by atoms with E-state index >= 15 is 0 Å². The number of urea groups is 1. The number of nitrogens with one attached hydrogen (secondary N) is 2. The van der Waals surface area contributed by atoms with Crippen LogP contribution in [0.4, 0.5) is 4.79 Å². The maximum absolute atomic E-state index is 11.6. The number of rotatable bonds is 4. The number of nitrogens with zero attached hydrogens (tertiary/aromatic N) is 1. The molecular weight excluding hydrogens is 254 g/mol. The molecule has 0 bridgehead atoms. The lowest BCUT2D eigenvalue weighted by Gasteiger charge is -2.19. The van der Waals surface area contributed by atoms with Crippen molar-refractivity contribution in [3.63, 3.8) is 0 Å². The minimum atomic E-state index is -1.08. The maximum Gasteiger partial charge on any atom is 0.321 e. The van der Waals surface area contributed by atoms with Crippen LogP contribution >= 0.6 is 0 Å². The lowest BCUT2D eigenvalue weighted by molar-refractivity contribution is -0.142. The van der Waals surface area contributed by atoms with Gasteiger partial charge in [-0.15, -0.1) is 0 Å². The topological polar surface area (TPSA) is 119 Å². The monoisotopic (exact) mass is 271 g/mol. The molecular formula is C11H17N3O5. The van der Waals surface area contributed by atoms with Crippen LogP contribution in [-0.4, -0.2) is 64.3 Å². The minimum absolute atomic E-state index is 0.0941. The zero-order valence-electron chi connectivity index (χ0n) is 10.3. The summed E-state index contributed by atoms with van der Waals surface area (Å²) < 4.78 is 0. The molecule has 0 aromatic rings. The molecule has 0 spiro atoms. The van der Waals surface area contributed by atoms with Gasteiger partial charge in [0.15, 0.2) is 0 Å². The molecule has 2 atom stereocenters. The molecule has 2 unspecified atom stereocenters. The third-order valence-corrected chi connectivity index (χ3v) is 3.18. The van der Waals surface area contributed by atoms with E-state index in [1.807, 2.05) is 0 Å². The summed E-state index contributed by atoms with van der Waals surface area (Å²) in [6, 6.07) is -1.29. The normalized spacial score (nSPS) is 27.0. The molecule has 1 saturated heterocycles. The number of carbonyl (C=O) groups is 3. The number of aliphatic hydroxyl groups is 1. The predicted octanol–water partition coefficient (Wildman–Crippen LogP) is -1.51. The average molecular weight is 271 g/mol. The predicted molar refractivity (Wildman–Crippen MR) is 63.3 cm³/mol. The Morgan fingerprint density at radius 3 is 2.53 bits per heavy atom. The number of hydrogen-bond acceptors (Lipinski definition) is 5. The van der Waals surface area contributed by atoms with Crippen molar-refractivity contribution in [1.29, 1.82) is 0 Å².